The Morgan fingerprint density at radius 2 is 2.00 bits per heavy atom. The summed E-state index contributed by atoms with van der Waals surface area (Å²) in [4.78, 5) is 24.7. The Labute approximate surface area is 143 Å². The zero-order chi connectivity index (χ0) is 17.1. The Balaban J connectivity index is 2.32. The summed E-state index contributed by atoms with van der Waals surface area (Å²) in [5, 5.41) is 11.0. The summed E-state index contributed by atoms with van der Waals surface area (Å²) >= 11 is 6.14. The van der Waals surface area contributed by atoms with Crippen LogP contribution in [0.2, 0.25) is 0 Å². The second kappa shape index (κ2) is 7.01. The number of thiocarbonyl (C=S) groups is 1. The third kappa shape index (κ3) is 3.48. The fraction of sp³-hybridized carbons (Fsp3) is 0.267. The van der Waals surface area contributed by atoms with Gasteiger partial charge >= 0.3 is 0 Å². The van der Waals surface area contributed by atoms with Crippen molar-refractivity contribution in [3.8, 4) is 11.5 Å². The summed E-state index contributed by atoms with van der Waals surface area (Å²) in [6.45, 7) is 1.36. The van der Waals surface area contributed by atoms with Gasteiger partial charge in [0.05, 0.1) is 31.1 Å². The molecular formula is C15H14NO5S2-. The normalized spacial score (nSPS) is 17.5. The number of nitrogens with zero attached hydrogens (tertiary/aromatic N) is 1. The van der Waals surface area contributed by atoms with Crippen LogP contribution in [0.4, 0.5) is 0 Å². The second-order valence-corrected chi connectivity index (χ2v) is 6.34. The Kier molecular flexibility index (Phi) is 5.27. The zero-order valence-electron chi connectivity index (χ0n) is 12.7. The molecule has 1 aliphatic heterocycles. The number of ether oxygens (including phenoxy) is 2. The van der Waals surface area contributed by atoms with Gasteiger partial charge < -0.3 is 19.4 Å². The molecule has 1 aromatic rings. The average Bonchev–Trinajstić information content (AvgIpc) is 2.80. The molecule has 0 aromatic heterocycles. The molecule has 0 saturated carbocycles. The molecule has 1 fully saturated rings. The molecule has 122 valence electrons. The van der Waals surface area contributed by atoms with E-state index in [1.165, 1.54) is 21.1 Å². The van der Waals surface area contributed by atoms with Crippen LogP contribution in [-0.4, -0.2) is 41.4 Å². The van der Waals surface area contributed by atoms with Crippen LogP contribution in [0.5, 0.6) is 11.5 Å². The first kappa shape index (κ1) is 17.3. The molecule has 1 aromatic carbocycles. The van der Waals surface area contributed by atoms with E-state index in [-0.39, 0.29) is 4.32 Å². The first-order valence-electron chi connectivity index (χ1n) is 6.59. The second-order valence-electron chi connectivity index (χ2n) is 4.66. The van der Waals surface area contributed by atoms with Gasteiger partial charge in [0.2, 0.25) is 0 Å². The highest BCUT2D eigenvalue weighted by molar-refractivity contribution is 8.26. The predicted octanol–water partition coefficient (Wildman–Crippen LogP) is 1.04. The first-order valence-corrected chi connectivity index (χ1v) is 7.81. The number of carboxylic acid groups (broad SMARTS) is 1. The van der Waals surface area contributed by atoms with E-state index < -0.39 is 17.9 Å². The van der Waals surface area contributed by atoms with Gasteiger partial charge in [0.15, 0.2) is 11.5 Å². The van der Waals surface area contributed by atoms with Gasteiger partial charge in [-0.15, -0.1) is 0 Å². The fourth-order valence-electron chi connectivity index (χ4n) is 2.01. The maximum Gasteiger partial charge on any atom is 0.266 e. The summed E-state index contributed by atoms with van der Waals surface area (Å²) in [6, 6.07) is 4.08. The zero-order valence-corrected chi connectivity index (χ0v) is 14.3. The quantitative estimate of drug-likeness (QED) is 0.579. The van der Waals surface area contributed by atoms with Crippen LogP contribution < -0.4 is 14.6 Å². The van der Waals surface area contributed by atoms with Crippen LogP contribution in [0, 0.1) is 0 Å². The molecule has 0 unspecified atom stereocenters. The molecule has 0 bridgehead atoms. The van der Waals surface area contributed by atoms with Crippen molar-refractivity contribution in [3.63, 3.8) is 0 Å². The summed E-state index contributed by atoms with van der Waals surface area (Å²) < 4.78 is 10.6. The lowest BCUT2D eigenvalue weighted by molar-refractivity contribution is -0.309. The smallest absolute Gasteiger partial charge is 0.266 e. The van der Waals surface area contributed by atoms with Crippen LogP contribution in [0.15, 0.2) is 23.1 Å². The van der Waals surface area contributed by atoms with E-state index in [0.717, 1.165) is 16.7 Å². The van der Waals surface area contributed by atoms with E-state index in [1.54, 1.807) is 24.3 Å². The topological polar surface area (TPSA) is 78.9 Å². The van der Waals surface area contributed by atoms with E-state index >= 15 is 0 Å². The number of hydrogen-bond donors (Lipinski definition) is 0. The SMILES string of the molecule is COc1ccc(/C=C2/SC(=S)N([C@H](C)C(=O)[O-])C2=O)cc1OC. The number of carbonyl (C=O) groups excluding carboxylic acids is 2. The molecule has 1 heterocycles. The molecule has 1 aliphatic rings. The Morgan fingerprint density at radius 1 is 1.35 bits per heavy atom. The molecule has 0 spiro atoms. The summed E-state index contributed by atoms with van der Waals surface area (Å²) in [6.07, 6.45) is 1.63. The van der Waals surface area contributed by atoms with Crippen molar-refractivity contribution < 1.29 is 24.2 Å². The van der Waals surface area contributed by atoms with Gasteiger partial charge in [-0.1, -0.05) is 30.0 Å². The monoisotopic (exact) mass is 352 g/mol. The van der Waals surface area contributed by atoms with Crippen LogP contribution >= 0.6 is 24.0 Å². The summed E-state index contributed by atoms with van der Waals surface area (Å²) in [5.41, 5.74) is 0.712. The molecule has 6 nitrogen and oxygen atoms in total. The highest BCUT2D eigenvalue weighted by Crippen LogP contribution is 2.35. The molecule has 0 aliphatic carbocycles. The third-order valence-electron chi connectivity index (χ3n) is 3.26. The minimum Gasteiger partial charge on any atom is -0.548 e. The van der Waals surface area contributed by atoms with Gasteiger partial charge in [-0.2, -0.15) is 0 Å². The number of rotatable bonds is 5. The number of thioether (sulfide) groups is 1. The van der Waals surface area contributed by atoms with E-state index in [9.17, 15) is 14.7 Å². The predicted molar refractivity (Wildman–Crippen MR) is 89.0 cm³/mol. The average molecular weight is 352 g/mol. The first-order chi connectivity index (χ1) is 10.9. The fourth-order valence-corrected chi connectivity index (χ4v) is 3.43. The maximum atomic E-state index is 12.3. The van der Waals surface area contributed by atoms with Crippen molar-refractivity contribution in [2.24, 2.45) is 0 Å². The Morgan fingerprint density at radius 3 is 2.57 bits per heavy atom. The minimum atomic E-state index is -1.35. The molecular weight excluding hydrogens is 338 g/mol. The number of benzene rings is 1. The number of aliphatic carboxylic acids is 1. The molecule has 8 heteroatoms. The van der Waals surface area contributed by atoms with E-state index in [4.69, 9.17) is 21.7 Å². The number of carbonyl (C=O) groups is 2. The minimum absolute atomic E-state index is 0.193. The van der Waals surface area contributed by atoms with E-state index in [0.29, 0.717) is 22.0 Å². The van der Waals surface area contributed by atoms with E-state index in [1.807, 2.05) is 0 Å². The van der Waals surface area contributed by atoms with Crippen LogP contribution in [0.25, 0.3) is 6.08 Å². The molecule has 1 amide bonds. The third-order valence-corrected chi connectivity index (χ3v) is 4.59. The van der Waals surface area contributed by atoms with Gasteiger partial charge in [0, 0.05) is 0 Å². The lowest BCUT2D eigenvalue weighted by Crippen LogP contribution is -2.48. The maximum absolute atomic E-state index is 12.3. The number of methoxy groups -OCH3 is 2. The highest BCUT2D eigenvalue weighted by atomic mass is 32.2. The molecule has 23 heavy (non-hydrogen) atoms. The summed E-state index contributed by atoms with van der Waals surface area (Å²) in [7, 11) is 3.05. The molecule has 1 atom stereocenters. The Hall–Kier alpha value is -2.06. The van der Waals surface area contributed by atoms with Gasteiger partial charge in [0.25, 0.3) is 5.91 Å². The Bertz CT molecular complexity index is 701. The van der Waals surface area contributed by atoms with Crippen LogP contribution in [-0.2, 0) is 9.59 Å². The van der Waals surface area contributed by atoms with Gasteiger partial charge in [-0.3, -0.25) is 9.69 Å². The van der Waals surface area contributed by atoms with Gasteiger partial charge in [-0.25, -0.2) is 0 Å². The molecule has 1 saturated heterocycles. The van der Waals surface area contributed by atoms with E-state index in [2.05, 4.69) is 0 Å². The number of carboxylic acids is 1. The number of amides is 1. The standard InChI is InChI=1S/C15H15NO5S2/c1-8(14(18)19)16-13(17)12(23-15(16)22)7-9-4-5-10(20-2)11(6-9)21-3/h4-8H,1-3H3,(H,18,19)/p-1/b12-7+/t8-/m1/s1. The molecule has 2 rings (SSSR count). The molecule has 0 N–H and O–H groups in total. The highest BCUT2D eigenvalue weighted by Gasteiger charge is 2.35. The van der Waals surface area contributed by atoms with Crippen molar-refractivity contribution in [1.29, 1.82) is 0 Å². The van der Waals surface area contributed by atoms with Crippen LogP contribution in [0.3, 0.4) is 0 Å². The van der Waals surface area contributed by atoms with Gasteiger partial charge in [0.1, 0.15) is 4.32 Å². The summed E-state index contributed by atoms with van der Waals surface area (Å²) in [5.74, 6) is -0.706. The largest absolute Gasteiger partial charge is 0.548 e. The van der Waals surface area contributed by atoms with Crippen molar-refractivity contribution in [2.75, 3.05) is 14.2 Å². The van der Waals surface area contributed by atoms with Gasteiger partial charge in [-0.05, 0) is 30.7 Å². The van der Waals surface area contributed by atoms with Crippen molar-refractivity contribution in [3.05, 3.63) is 28.7 Å². The molecule has 0 radical (unpaired) electrons. The number of hydrogen-bond acceptors (Lipinski definition) is 7. The van der Waals surface area contributed by atoms with Crippen molar-refractivity contribution in [1.82, 2.24) is 4.90 Å². The van der Waals surface area contributed by atoms with Crippen molar-refractivity contribution >= 4 is 46.3 Å². The lowest BCUT2D eigenvalue weighted by atomic mass is 10.1. The lowest BCUT2D eigenvalue weighted by Gasteiger charge is -2.23. The van der Waals surface area contributed by atoms with Crippen LogP contribution in [0.1, 0.15) is 12.5 Å². The van der Waals surface area contributed by atoms with Crippen molar-refractivity contribution in [2.45, 2.75) is 13.0 Å².